The van der Waals surface area contributed by atoms with E-state index in [1.807, 2.05) is 0 Å². The van der Waals surface area contributed by atoms with Gasteiger partial charge in [-0.2, -0.15) is 0 Å². The maximum atomic E-state index is 12.5. The molecule has 4 N–H and O–H groups in total. The summed E-state index contributed by atoms with van der Waals surface area (Å²) < 4.78 is 0. The van der Waals surface area contributed by atoms with E-state index in [0.717, 1.165) is 24.8 Å². The number of aryl methyl sites for hydroxylation is 2. The number of likely N-dealkylation sites (tertiary alicyclic amines) is 1. The van der Waals surface area contributed by atoms with Crippen molar-refractivity contribution in [3.05, 3.63) is 35.0 Å². The Labute approximate surface area is 159 Å². The molecule has 3 amide bonds. The first-order chi connectivity index (χ1) is 13.1. The molecule has 144 valence electrons. The van der Waals surface area contributed by atoms with Crippen molar-refractivity contribution in [2.75, 3.05) is 6.54 Å². The molecule has 1 aromatic heterocycles. The number of rotatable bonds is 3. The first kappa shape index (κ1) is 17.9. The highest BCUT2D eigenvalue weighted by Crippen LogP contribution is 2.28. The molecule has 0 spiro atoms. The third-order valence-corrected chi connectivity index (χ3v) is 5.97. The number of hydrogen-bond donors (Lipinski definition) is 3. The molecule has 2 aliphatic rings. The van der Waals surface area contributed by atoms with Gasteiger partial charge in [-0.3, -0.25) is 4.79 Å². The molecule has 1 aromatic carbocycles. The molecule has 2 heterocycles. The van der Waals surface area contributed by atoms with Crippen LogP contribution in [0.4, 0.5) is 4.79 Å². The Morgan fingerprint density at radius 1 is 1.15 bits per heavy atom. The van der Waals surface area contributed by atoms with Gasteiger partial charge in [0.05, 0.1) is 0 Å². The molecule has 0 saturated carbocycles. The molecule has 1 saturated heterocycles. The number of fused-ring (bicyclic) bond motifs is 3. The van der Waals surface area contributed by atoms with Crippen LogP contribution in [-0.2, 0) is 24.2 Å². The zero-order valence-electron chi connectivity index (χ0n) is 15.7. The van der Waals surface area contributed by atoms with E-state index in [-0.39, 0.29) is 5.91 Å². The number of aromatic nitrogens is 1. The van der Waals surface area contributed by atoms with Gasteiger partial charge in [0.15, 0.2) is 0 Å². The van der Waals surface area contributed by atoms with Gasteiger partial charge in [0.2, 0.25) is 5.91 Å². The Morgan fingerprint density at radius 2 is 1.96 bits per heavy atom. The van der Waals surface area contributed by atoms with Crippen molar-refractivity contribution in [2.24, 2.45) is 5.73 Å². The van der Waals surface area contributed by atoms with Crippen molar-refractivity contribution in [3.8, 4) is 0 Å². The summed E-state index contributed by atoms with van der Waals surface area (Å²) in [4.78, 5) is 29.0. The number of aromatic amines is 1. The van der Waals surface area contributed by atoms with Crippen LogP contribution in [0.1, 0.15) is 55.3 Å². The monoisotopic (exact) mass is 368 g/mol. The Hall–Kier alpha value is -2.50. The summed E-state index contributed by atoms with van der Waals surface area (Å²) in [5.41, 5.74) is 10.5. The molecule has 1 aliphatic carbocycles. The van der Waals surface area contributed by atoms with Crippen molar-refractivity contribution in [3.63, 3.8) is 0 Å². The summed E-state index contributed by atoms with van der Waals surface area (Å²) in [5, 5.41) is 4.28. The first-order valence-corrected chi connectivity index (χ1v) is 10.1. The number of H-pyrrole nitrogens is 1. The van der Waals surface area contributed by atoms with Gasteiger partial charge < -0.3 is 20.9 Å². The molecule has 6 nitrogen and oxygen atoms in total. The summed E-state index contributed by atoms with van der Waals surface area (Å²) in [5.74, 6) is -0.115. The Kier molecular flexibility index (Phi) is 5.05. The lowest BCUT2D eigenvalue weighted by Crippen LogP contribution is -2.47. The number of hydrogen-bond acceptors (Lipinski definition) is 2. The predicted molar refractivity (Wildman–Crippen MR) is 105 cm³/mol. The predicted octanol–water partition coefficient (Wildman–Crippen LogP) is 2.99. The number of amides is 3. The van der Waals surface area contributed by atoms with Crippen LogP contribution < -0.4 is 11.1 Å². The lowest BCUT2D eigenvalue weighted by atomic mass is 9.96. The van der Waals surface area contributed by atoms with Crippen LogP contribution in [0, 0.1) is 0 Å². The number of nitrogens with two attached hydrogens (primary N) is 1. The smallest absolute Gasteiger partial charge is 0.315 e. The number of benzene rings is 1. The number of urea groups is 1. The Morgan fingerprint density at radius 3 is 2.78 bits per heavy atom. The van der Waals surface area contributed by atoms with Crippen LogP contribution in [0.15, 0.2) is 18.2 Å². The van der Waals surface area contributed by atoms with Crippen LogP contribution in [0.25, 0.3) is 10.9 Å². The van der Waals surface area contributed by atoms with Gasteiger partial charge in [0.25, 0.3) is 0 Å². The molecule has 1 fully saturated rings. The van der Waals surface area contributed by atoms with E-state index < -0.39 is 12.1 Å². The second-order valence-corrected chi connectivity index (χ2v) is 7.78. The Bertz CT molecular complexity index is 857. The number of nitrogens with zero attached hydrogens (tertiary/aromatic N) is 1. The first-order valence-electron chi connectivity index (χ1n) is 10.1. The standard InChI is InChI=1S/C21H28N4O2/c22-21(27)25-11-5-8-19(25)20(26)23-13-14-9-10-18-16(12-14)15-6-3-1-2-4-7-17(15)24-18/h9-10,12,19,24H,1-8,11,13H2,(H2,22,27)(H,23,26)/t19-/m0/s1. The van der Waals surface area contributed by atoms with Gasteiger partial charge in [-0.25, -0.2) is 4.79 Å². The van der Waals surface area contributed by atoms with E-state index in [4.69, 9.17) is 5.73 Å². The van der Waals surface area contributed by atoms with Crippen LogP contribution in [0.5, 0.6) is 0 Å². The molecule has 1 aliphatic heterocycles. The van der Waals surface area contributed by atoms with E-state index >= 15 is 0 Å². The minimum atomic E-state index is -0.514. The second kappa shape index (κ2) is 7.62. The number of primary amides is 1. The van der Waals surface area contributed by atoms with Gasteiger partial charge in [0.1, 0.15) is 6.04 Å². The lowest BCUT2D eigenvalue weighted by Gasteiger charge is -2.21. The molecule has 4 rings (SSSR count). The van der Waals surface area contributed by atoms with Crippen molar-refractivity contribution < 1.29 is 9.59 Å². The van der Waals surface area contributed by atoms with Crippen molar-refractivity contribution in [1.29, 1.82) is 0 Å². The fourth-order valence-electron chi connectivity index (χ4n) is 4.53. The SMILES string of the molecule is NC(=O)N1CCC[C@H]1C(=O)NCc1ccc2[nH]c3c(c2c1)CCCCCC3. The quantitative estimate of drug-likeness (QED) is 0.777. The fourth-order valence-corrected chi connectivity index (χ4v) is 4.53. The highest BCUT2D eigenvalue weighted by atomic mass is 16.2. The molecule has 27 heavy (non-hydrogen) atoms. The van der Waals surface area contributed by atoms with Crippen LogP contribution >= 0.6 is 0 Å². The zero-order chi connectivity index (χ0) is 18.8. The molecule has 0 unspecified atom stereocenters. The average molecular weight is 368 g/mol. The van der Waals surface area contributed by atoms with E-state index in [1.165, 1.54) is 52.7 Å². The molecule has 0 radical (unpaired) electrons. The highest BCUT2D eigenvalue weighted by molar-refractivity contribution is 5.88. The number of nitrogens with one attached hydrogen (secondary N) is 2. The summed E-state index contributed by atoms with van der Waals surface area (Å²) >= 11 is 0. The van der Waals surface area contributed by atoms with Gasteiger partial charge in [-0.05, 0) is 61.8 Å². The van der Waals surface area contributed by atoms with Crippen molar-refractivity contribution in [1.82, 2.24) is 15.2 Å². The second-order valence-electron chi connectivity index (χ2n) is 7.78. The van der Waals surface area contributed by atoms with Crippen LogP contribution in [0.3, 0.4) is 0 Å². The van der Waals surface area contributed by atoms with Gasteiger partial charge in [0, 0.05) is 29.7 Å². The number of carbonyl (C=O) groups excluding carboxylic acids is 2. The minimum absolute atomic E-state index is 0.115. The zero-order valence-corrected chi connectivity index (χ0v) is 15.7. The van der Waals surface area contributed by atoms with Crippen LogP contribution in [-0.4, -0.2) is 34.4 Å². The molecule has 6 heteroatoms. The summed E-state index contributed by atoms with van der Waals surface area (Å²) in [6.07, 6.45) is 8.87. The summed E-state index contributed by atoms with van der Waals surface area (Å²) in [6.45, 7) is 1.03. The minimum Gasteiger partial charge on any atom is -0.358 e. The molecule has 2 aromatic rings. The van der Waals surface area contributed by atoms with Crippen molar-refractivity contribution >= 4 is 22.8 Å². The average Bonchev–Trinajstić information content (AvgIpc) is 3.24. The van der Waals surface area contributed by atoms with E-state index in [9.17, 15) is 9.59 Å². The van der Waals surface area contributed by atoms with E-state index in [1.54, 1.807) is 0 Å². The third-order valence-electron chi connectivity index (χ3n) is 5.97. The van der Waals surface area contributed by atoms with Crippen molar-refractivity contribution in [2.45, 2.75) is 64.0 Å². The molecular weight excluding hydrogens is 340 g/mol. The highest BCUT2D eigenvalue weighted by Gasteiger charge is 2.32. The maximum absolute atomic E-state index is 12.5. The normalized spacial score (nSPS) is 20.1. The molecule has 1 atom stereocenters. The summed E-state index contributed by atoms with van der Waals surface area (Å²) in [6, 6.07) is 5.44. The van der Waals surface area contributed by atoms with Crippen LogP contribution in [0.2, 0.25) is 0 Å². The Balaban J connectivity index is 1.48. The fraction of sp³-hybridized carbons (Fsp3) is 0.524. The largest absolute Gasteiger partial charge is 0.358 e. The number of carbonyl (C=O) groups is 2. The van der Waals surface area contributed by atoms with E-state index in [2.05, 4.69) is 28.5 Å². The lowest BCUT2D eigenvalue weighted by molar-refractivity contribution is -0.124. The molecule has 0 bridgehead atoms. The maximum Gasteiger partial charge on any atom is 0.315 e. The topological polar surface area (TPSA) is 91.2 Å². The van der Waals surface area contributed by atoms with E-state index in [0.29, 0.717) is 19.5 Å². The molecular formula is C21H28N4O2. The van der Waals surface area contributed by atoms with Gasteiger partial charge in [-0.15, -0.1) is 0 Å². The summed E-state index contributed by atoms with van der Waals surface area (Å²) in [7, 11) is 0. The van der Waals surface area contributed by atoms with Gasteiger partial charge in [-0.1, -0.05) is 18.9 Å². The van der Waals surface area contributed by atoms with Gasteiger partial charge >= 0.3 is 6.03 Å². The third kappa shape index (κ3) is 3.66.